The quantitative estimate of drug-likeness (QED) is 0.798. The van der Waals surface area contributed by atoms with Gasteiger partial charge < -0.3 is 0 Å². The van der Waals surface area contributed by atoms with Gasteiger partial charge in [0.15, 0.2) is 0 Å². The van der Waals surface area contributed by atoms with Gasteiger partial charge in [-0.05, 0) is 74.0 Å². The molecule has 2 heteroatoms. The molecular weight excluding hydrogens is 262 g/mol. The van der Waals surface area contributed by atoms with Crippen LogP contribution in [0.2, 0.25) is 0 Å². The monoisotopic (exact) mass is 283 g/mol. The highest BCUT2D eigenvalue weighted by Gasteiger charge is 2.50. The molecule has 0 aromatic heterocycles. The molecule has 4 aliphatic carbocycles. The zero-order valence-electron chi connectivity index (χ0n) is 11.8. The van der Waals surface area contributed by atoms with E-state index in [-0.39, 0.29) is 0 Å². The molecule has 0 saturated heterocycles. The predicted molar refractivity (Wildman–Crippen MR) is 83.4 cm³/mol. The molecule has 0 aliphatic heterocycles. The van der Waals surface area contributed by atoms with Gasteiger partial charge in [-0.25, -0.2) is 0 Å². The van der Waals surface area contributed by atoms with Crippen molar-refractivity contribution in [1.29, 1.82) is 5.26 Å². The summed E-state index contributed by atoms with van der Waals surface area (Å²) < 4.78 is 0.581. The Balaban J connectivity index is 1.48. The van der Waals surface area contributed by atoms with Gasteiger partial charge in [-0.15, -0.1) is 0 Å². The van der Waals surface area contributed by atoms with E-state index in [0.717, 1.165) is 29.1 Å². The van der Waals surface area contributed by atoms with E-state index in [9.17, 15) is 0 Å². The first kappa shape index (κ1) is 12.8. The lowest BCUT2D eigenvalue weighted by atomic mass is 9.56. The van der Waals surface area contributed by atoms with Crippen molar-refractivity contribution in [3.05, 3.63) is 35.4 Å². The van der Waals surface area contributed by atoms with Gasteiger partial charge in [0.05, 0.1) is 11.6 Å². The highest BCUT2D eigenvalue weighted by Crippen LogP contribution is 2.61. The Labute approximate surface area is 125 Å². The van der Waals surface area contributed by atoms with Crippen molar-refractivity contribution in [2.75, 3.05) is 0 Å². The fourth-order valence-corrected chi connectivity index (χ4v) is 6.89. The molecule has 0 atom stereocenters. The van der Waals surface area contributed by atoms with Crippen LogP contribution in [0.5, 0.6) is 0 Å². The van der Waals surface area contributed by atoms with Crippen molar-refractivity contribution in [1.82, 2.24) is 0 Å². The maximum Gasteiger partial charge on any atom is 0.0991 e. The molecule has 1 aromatic rings. The summed E-state index contributed by atoms with van der Waals surface area (Å²) in [4.78, 5) is 0. The highest BCUT2D eigenvalue weighted by atomic mass is 32.2. The van der Waals surface area contributed by atoms with Crippen LogP contribution in [-0.2, 0) is 5.75 Å². The summed E-state index contributed by atoms with van der Waals surface area (Å²) in [6.45, 7) is 0. The van der Waals surface area contributed by atoms with Crippen molar-refractivity contribution in [3.63, 3.8) is 0 Å². The molecule has 4 fully saturated rings. The van der Waals surface area contributed by atoms with Gasteiger partial charge >= 0.3 is 0 Å². The number of nitrogens with zero attached hydrogens (tertiary/aromatic N) is 1. The Bertz CT molecular complexity index is 521. The van der Waals surface area contributed by atoms with Gasteiger partial charge in [-0.2, -0.15) is 17.0 Å². The molecule has 4 saturated carbocycles. The minimum Gasteiger partial charge on any atom is -0.192 e. The minimum atomic E-state index is 0.581. The van der Waals surface area contributed by atoms with Gasteiger partial charge in [-0.3, -0.25) is 0 Å². The third-order valence-electron chi connectivity index (χ3n) is 5.58. The van der Waals surface area contributed by atoms with Crippen molar-refractivity contribution in [2.24, 2.45) is 17.8 Å². The van der Waals surface area contributed by atoms with Crippen LogP contribution in [0.3, 0.4) is 0 Å². The third kappa shape index (κ3) is 2.27. The second kappa shape index (κ2) is 4.81. The molecule has 1 aromatic carbocycles. The normalized spacial score (nSPS) is 37.9. The summed E-state index contributed by atoms with van der Waals surface area (Å²) in [5, 5.41) is 9.00. The summed E-state index contributed by atoms with van der Waals surface area (Å²) in [6, 6.07) is 10.4. The van der Waals surface area contributed by atoms with E-state index < -0.39 is 0 Å². The topological polar surface area (TPSA) is 23.8 Å². The van der Waals surface area contributed by atoms with E-state index in [2.05, 4.69) is 30.0 Å². The Morgan fingerprint density at radius 1 is 1.10 bits per heavy atom. The second-order valence-electron chi connectivity index (χ2n) is 7.20. The fourth-order valence-electron chi connectivity index (χ4n) is 5.18. The third-order valence-corrected chi connectivity index (χ3v) is 7.17. The van der Waals surface area contributed by atoms with E-state index in [1.165, 1.54) is 44.1 Å². The van der Waals surface area contributed by atoms with E-state index in [0.29, 0.717) is 4.75 Å². The number of rotatable bonds is 3. The maximum atomic E-state index is 9.00. The summed E-state index contributed by atoms with van der Waals surface area (Å²) in [5.41, 5.74) is 2.12. The van der Waals surface area contributed by atoms with Gasteiger partial charge in [0, 0.05) is 10.5 Å². The Hall–Kier alpha value is -0.940. The van der Waals surface area contributed by atoms with Crippen LogP contribution in [0.15, 0.2) is 24.3 Å². The van der Waals surface area contributed by atoms with Crippen molar-refractivity contribution in [2.45, 2.75) is 49.0 Å². The lowest BCUT2D eigenvalue weighted by molar-refractivity contribution is 0.0383. The Kier molecular flexibility index (Phi) is 3.07. The highest BCUT2D eigenvalue weighted by molar-refractivity contribution is 7.99. The van der Waals surface area contributed by atoms with Crippen LogP contribution < -0.4 is 0 Å². The average Bonchev–Trinajstić information content (AvgIpc) is 2.44. The second-order valence-corrected chi connectivity index (χ2v) is 8.64. The molecule has 1 nitrogen and oxygen atoms in total. The lowest BCUT2D eigenvalue weighted by Crippen LogP contribution is -2.48. The van der Waals surface area contributed by atoms with E-state index in [1.54, 1.807) is 0 Å². The number of hydrogen-bond donors (Lipinski definition) is 0. The van der Waals surface area contributed by atoms with Gasteiger partial charge in [-0.1, -0.05) is 12.1 Å². The first-order valence-corrected chi connectivity index (χ1v) is 8.86. The molecule has 0 unspecified atom stereocenters. The van der Waals surface area contributed by atoms with Crippen LogP contribution in [0.1, 0.15) is 49.7 Å². The number of nitriles is 1. The molecule has 0 amide bonds. The van der Waals surface area contributed by atoms with Crippen molar-refractivity contribution >= 4 is 11.8 Å². The molecular formula is C18H21NS. The minimum absolute atomic E-state index is 0.581. The molecule has 4 aliphatic rings. The van der Waals surface area contributed by atoms with E-state index in [4.69, 9.17) is 5.26 Å². The average molecular weight is 283 g/mol. The Morgan fingerprint density at radius 3 is 2.35 bits per heavy atom. The summed E-state index contributed by atoms with van der Waals surface area (Å²) in [6.07, 6.45) is 8.93. The molecule has 104 valence electrons. The smallest absolute Gasteiger partial charge is 0.0991 e. The summed E-state index contributed by atoms with van der Waals surface area (Å²) >= 11 is 2.20. The standard InChI is InChI=1S/C18H21NS/c19-11-13-2-1-3-14(4-13)12-20-18-8-15-5-16(9-18)7-17(6-15)10-18/h1-4,15-17H,5-10,12H2. The van der Waals surface area contributed by atoms with Crippen molar-refractivity contribution < 1.29 is 0 Å². The zero-order valence-corrected chi connectivity index (χ0v) is 12.7. The SMILES string of the molecule is N#Cc1cccc(CSC23CC4CC(CC(C4)C2)C3)c1. The zero-order chi connectivity index (χ0) is 13.6. The van der Waals surface area contributed by atoms with Crippen molar-refractivity contribution in [3.8, 4) is 6.07 Å². The number of benzene rings is 1. The summed E-state index contributed by atoms with van der Waals surface area (Å²) in [7, 11) is 0. The van der Waals surface area contributed by atoms with E-state index in [1.807, 2.05) is 12.1 Å². The molecule has 20 heavy (non-hydrogen) atoms. The van der Waals surface area contributed by atoms with Crippen LogP contribution in [0.4, 0.5) is 0 Å². The molecule has 4 bridgehead atoms. The number of thioether (sulfide) groups is 1. The predicted octanol–water partition coefficient (Wildman–Crippen LogP) is 4.76. The Morgan fingerprint density at radius 2 is 1.75 bits per heavy atom. The number of hydrogen-bond acceptors (Lipinski definition) is 2. The summed E-state index contributed by atoms with van der Waals surface area (Å²) in [5.74, 6) is 4.17. The van der Waals surface area contributed by atoms with Gasteiger partial charge in [0.25, 0.3) is 0 Å². The van der Waals surface area contributed by atoms with Crippen LogP contribution in [0.25, 0.3) is 0 Å². The first-order chi connectivity index (χ1) is 9.75. The van der Waals surface area contributed by atoms with Crippen LogP contribution in [0, 0.1) is 29.1 Å². The molecule has 5 rings (SSSR count). The largest absolute Gasteiger partial charge is 0.192 e. The van der Waals surface area contributed by atoms with Crippen LogP contribution >= 0.6 is 11.8 Å². The van der Waals surface area contributed by atoms with E-state index >= 15 is 0 Å². The van der Waals surface area contributed by atoms with Crippen LogP contribution in [-0.4, -0.2) is 4.75 Å². The fraction of sp³-hybridized carbons (Fsp3) is 0.611. The molecule has 0 spiro atoms. The molecule has 0 radical (unpaired) electrons. The van der Waals surface area contributed by atoms with Gasteiger partial charge in [0.2, 0.25) is 0 Å². The van der Waals surface area contributed by atoms with Gasteiger partial charge in [0.1, 0.15) is 0 Å². The maximum absolute atomic E-state index is 9.00. The molecule has 0 heterocycles. The lowest BCUT2D eigenvalue weighted by Gasteiger charge is -2.56. The first-order valence-electron chi connectivity index (χ1n) is 7.88. The molecule has 0 N–H and O–H groups in total.